The molecule has 0 bridgehead atoms. The molecule has 0 fully saturated rings. The summed E-state index contributed by atoms with van der Waals surface area (Å²) in [6.45, 7) is 9.21. The van der Waals surface area contributed by atoms with Gasteiger partial charge in [-0.15, -0.1) is 0 Å². The molecule has 0 aromatic heterocycles. The van der Waals surface area contributed by atoms with Crippen LogP contribution < -0.4 is 0 Å². The van der Waals surface area contributed by atoms with Crippen molar-refractivity contribution in [2.75, 3.05) is 6.61 Å². The second kappa shape index (κ2) is 12.1. The van der Waals surface area contributed by atoms with Gasteiger partial charge in [-0.3, -0.25) is 0 Å². The molecule has 0 spiro atoms. The van der Waals surface area contributed by atoms with E-state index < -0.39 is 5.97 Å². The highest BCUT2D eigenvalue weighted by molar-refractivity contribution is 5.90. The van der Waals surface area contributed by atoms with E-state index in [2.05, 4.69) is 17.9 Å². The second-order valence-corrected chi connectivity index (χ2v) is 4.30. The van der Waals surface area contributed by atoms with Crippen LogP contribution in [0.25, 0.3) is 6.08 Å². The number of ether oxygens (including phenoxy) is 1. The molecule has 4 heteroatoms. The highest BCUT2D eigenvalue weighted by Crippen LogP contribution is 2.03. The number of hydrogen-bond acceptors (Lipinski definition) is 3. The standard InChI is InChI=1S/C11H10O2.C7H12O2/c1-9(11(12)13)7-8-10-5-3-2-4-6-10;1-3-5-6-9-7(8)4-2/h2-8H,1H2,(H,12,13);4H,2-3,5-6H2,1H3. The summed E-state index contributed by atoms with van der Waals surface area (Å²) in [6, 6.07) is 9.48. The molecule has 0 heterocycles. The smallest absolute Gasteiger partial charge is 0.335 e. The molecule has 0 unspecified atom stereocenters. The lowest BCUT2D eigenvalue weighted by Gasteiger charge is -1.97. The maximum Gasteiger partial charge on any atom is 0.335 e. The van der Waals surface area contributed by atoms with Crippen molar-refractivity contribution in [3.8, 4) is 0 Å². The number of carbonyl (C=O) groups excluding carboxylic acids is 1. The summed E-state index contributed by atoms with van der Waals surface area (Å²) in [7, 11) is 0. The molecule has 1 rings (SSSR count). The summed E-state index contributed by atoms with van der Waals surface area (Å²) in [4.78, 5) is 20.7. The number of benzene rings is 1. The van der Waals surface area contributed by atoms with Gasteiger partial charge in [-0.2, -0.15) is 0 Å². The molecule has 0 aliphatic heterocycles. The number of carboxylic acids is 1. The van der Waals surface area contributed by atoms with Crippen LogP contribution in [0.15, 0.2) is 61.2 Å². The van der Waals surface area contributed by atoms with Crippen molar-refractivity contribution in [2.45, 2.75) is 19.8 Å². The van der Waals surface area contributed by atoms with Gasteiger partial charge in [0.25, 0.3) is 0 Å². The number of carbonyl (C=O) groups is 2. The first-order valence-corrected chi connectivity index (χ1v) is 6.95. The fraction of sp³-hybridized carbons (Fsp3) is 0.222. The molecule has 4 nitrogen and oxygen atoms in total. The quantitative estimate of drug-likeness (QED) is 0.359. The third-order valence-corrected chi connectivity index (χ3v) is 2.46. The maximum atomic E-state index is 10.4. The third-order valence-electron chi connectivity index (χ3n) is 2.46. The zero-order valence-corrected chi connectivity index (χ0v) is 12.8. The maximum absolute atomic E-state index is 10.4. The molecule has 1 N–H and O–H groups in total. The molecule has 1 aromatic rings. The van der Waals surface area contributed by atoms with Crippen molar-refractivity contribution >= 4 is 18.0 Å². The van der Waals surface area contributed by atoms with Crippen molar-refractivity contribution in [1.82, 2.24) is 0 Å². The molecule has 0 aliphatic carbocycles. The van der Waals surface area contributed by atoms with Crippen LogP contribution in [0.5, 0.6) is 0 Å². The summed E-state index contributed by atoms with van der Waals surface area (Å²) < 4.78 is 4.67. The number of aliphatic carboxylic acids is 1. The van der Waals surface area contributed by atoms with Crippen LogP contribution in [0, 0.1) is 0 Å². The van der Waals surface area contributed by atoms with Crippen LogP contribution in [0.3, 0.4) is 0 Å². The van der Waals surface area contributed by atoms with Gasteiger partial charge in [0.1, 0.15) is 0 Å². The Bertz CT molecular complexity index is 515. The lowest BCUT2D eigenvalue weighted by molar-refractivity contribution is -0.137. The van der Waals surface area contributed by atoms with Crippen molar-refractivity contribution in [2.24, 2.45) is 0 Å². The predicted molar refractivity (Wildman–Crippen MR) is 88.3 cm³/mol. The van der Waals surface area contributed by atoms with Gasteiger partial charge in [0.15, 0.2) is 0 Å². The third kappa shape index (κ3) is 10.2. The average molecular weight is 302 g/mol. The van der Waals surface area contributed by atoms with Crippen LogP contribution in [0.4, 0.5) is 0 Å². The summed E-state index contributed by atoms with van der Waals surface area (Å²) >= 11 is 0. The lowest BCUT2D eigenvalue weighted by atomic mass is 10.2. The number of esters is 1. The van der Waals surface area contributed by atoms with E-state index in [-0.39, 0.29) is 11.5 Å². The summed E-state index contributed by atoms with van der Waals surface area (Å²) in [5, 5.41) is 8.51. The summed E-state index contributed by atoms with van der Waals surface area (Å²) in [6.07, 6.45) is 6.35. The topological polar surface area (TPSA) is 63.6 Å². The van der Waals surface area contributed by atoms with E-state index in [0.29, 0.717) is 6.61 Å². The molecule has 22 heavy (non-hydrogen) atoms. The van der Waals surface area contributed by atoms with Crippen molar-refractivity contribution in [3.63, 3.8) is 0 Å². The van der Waals surface area contributed by atoms with Crippen LogP contribution in [0.1, 0.15) is 25.3 Å². The van der Waals surface area contributed by atoms with E-state index in [1.807, 2.05) is 37.3 Å². The lowest BCUT2D eigenvalue weighted by Crippen LogP contribution is -2.00. The molecule has 0 atom stereocenters. The molecule has 0 radical (unpaired) electrons. The Hall–Kier alpha value is -2.62. The molecule has 0 aliphatic rings. The normalized spacial score (nSPS) is 9.50. The highest BCUT2D eigenvalue weighted by atomic mass is 16.5. The Morgan fingerprint density at radius 3 is 2.41 bits per heavy atom. The van der Waals surface area contributed by atoms with Gasteiger partial charge < -0.3 is 9.84 Å². The van der Waals surface area contributed by atoms with E-state index in [1.54, 1.807) is 6.08 Å². The Balaban J connectivity index is 0.000000433. The van der Waals surface area contributed by atoms with Gasteiger partial charge >= 0.3 is 11.9 Å². The van der Waals surface area contributed by atoms with E-state index in [9.17, 15) is 9.59 Å². The number of rotatable bonds is 7. The number of unbranched alkanes of at least 4 members (excludes halogenated alkanes) is 1. The summed E-state index contributed by atoms with van der Waals surface area (Å²) in [5.41, 5.74) is 1.05. The zero-order chi connectivity index (χ0) is 16.8. The Kier molecular flexibility index (Phi) is 10.7. The molecule has 118 valence electrons. The highest BCUT2D eigenvalue weighted by Gasteiger charge is 1.96. The van der Waals surface area contributed by atoms with E-state index >= 15 is 0 Å². The summed E-state index contributed by atoms with van der Waals surface area (Å²) in [5.74, 6) is -1.32. The van der Waals surface area contributed by atoms with E-state index in [0.717, 1.165) is 18.4 Å². The van der Waals surface area contributed by atoms with Crippen LogP contribution in [0.2, 0.25) is 0 Å². The first kappa shape index (κ1) is 19.4. The van der Waals surface area contributed by atoms with E-state index in [1.165, 1.54) is 12.2 Å². The van der Waals surface area contributed by atoms with Gasteiger partial charge in [0.05, 0.1) is 12.2 Å². The molecular formula is C18H22O4. The average Bonchev–Trinajstić information content (AvgIpc) is 2.54. The van der Waals surface area contributed by atoms with Crippen molar-refractivity contribution in [1.29, 1.82) is 0 Å². The number of carboxylic acid groups (broad SMARTS) is 1. The van der Waals surface area contributed by atoms with Crippen LogP contribution in [-0.2, 0) is 14.3 Å². The minimum atomic E-state index is -0.993. The minimum Gasteiger partial charge on any atom is -0.478 e. The van der Waals surface area contributed by atoms with Gasteiger partial charge in [-0.05, 0) is 18.1 Å². The van der Waals surface area contributed by atoms with E-state index in [4.69, 9.17) is 5.11 Å². The first-order chi connectivity index (χ1) is 10.5. The van der Waals surface area contributed by atoms with Gasteiger partial charge in [0.2, 0.25) is 0 Å². The van der Waals surface area contributed by atoms with Crippen molar-refractivity contribution in [3.05, 3.63) is 66.8 Å². The predicted octanol–water partition coefficient (Wildman–Crippen LogP) is 3.86. The fourth-order valence-corrected chi connectivity index (χ4v) is 1.21. The van der Waals surface area contributed by atoms with Crippen LogP contribution >= 0.6 is 0 Å². The number of hydrogen-bond donors (Lipinski definition) is 1. The monoisotopic (exact) mass is 302 g/mol. The molecule has 1 aromatic carbocycles. The SMILES string of the molecule is C=C(C=Cc1ccccc1)C(=O)O.C=CC(=O)OCCCC. The Labute approximate surface area is 131 Å². The molecule has 0 amide bonds. The van der Waals surface area contributed by atoms with Gasteiger partial charge in [0, 0.05) is 6.08 Å². The molecule has 0 saturated carbocycles. The van der Waals surface area contributed by atoms with Crippen LogP contribution in [-0.4, -0.2) is 23.7 Å². The van der Waals surface area contributed by atoms with Gasteiger partial charge in [-0.25, -0.2) is 9.59 Å². The largest absolute Gasteiger partial charge is 0.478 e. The first-order valence-electron chi connectivity index (χ1n) is 6.95. The van der Waals surface area contributed by atoms with Crippen molar-refractivity contribution < 1.29 is 19.4 Å². The fourth-order valence-electron chi connectivity index (χ4n) is 1.21. The van der Waals surface area contributed by atoms with Gasteiger partial charge in [-0.1, -0.05) is 62.9 Å². The second-order valence-electron chi connectivity index (χ2n) is 4.30. The molecular weight excluding hydrogens is 280 g/mol. The Morgan fingerprint density at radius 1 is 1.27 bits per heavy atom. The zero-order valence-electron chi connectivity index (χ0n) is 12.8. The molecule has 0 saturated heterocycles. The minimum absolute atomic E-state index is 0.0869. The Morgan fingerprint density at radius 2 is 1.91 bits per heavy atom.